The number of benzene rings is 1. The highest BCUT2D eigenvalue weighted by Gasteiger charge is 2.30. The number of carbonyl (C=O) groups is 1. The van der Waals surface area contributed by atoms with Gasteiger partial charge in [0.1, 0.15) is 5.75 Å². The Balaban J connectivity index is 0.00000133. The summed E-state index contributed by atoms with van der Waals surface area (Å²) >= 11 is 0. The van der Waals surface area contributed by atoms with Gasteiger partial charge >= 0.3 is 0 Å². The second kappa shape index (κ2) is 5.03. The number of fused-ring (bicyclic) bond motifs is 1. The fourth-order valence-electron chi connectivity index (χ4n) is 2.30. The van der Waals surface area contributed by atoms with E-state index < -0.39 is 6.04 Å². The van der Waals surface area contributed by atoms with Crippen LogP contribution in [0, 0.1) is 0 Å². The van der Waals surface area contributed by atoms with E-state index in [1.807, 2.05) is 18.2 Å². The number of carbonyl (C=O) groups excluding carboxylic acids is 1. The minimum Gasteiger partial charge on any atom is -0.506 e. The van der Waals surface area contributed by atoms with E-state index in [9.17, 15) is 9.90 Å². The summed E-state index contributed by atoms with van der Waals surface area (Å²) in [7, 11) is 0. The number of aromatic nitrogens is 1. The summed E-state index contributed by atoms with van der Waals surface area (Å²) in [5.41, 5.74) is 7.23. The van der Waals surface area contributed by atoms with Gasteiger partial charge in [-0.25, -0.2) is 0 Å². The molecule has 6 heteroatoms. The van der Waals surface area contributed by atoms with Crippen LogP contribution < -0.4 is 10.6 Å². The number of aromatic hydroxyl groups is 1. The van der Waals surface area contributed by atoms with Crippen LogP contribution in [0.25, 0.3) is 10.9 Å². The van der Waals surface area contributed by atoms with Crippen molar-refractivity contribution in [1.82, 2.24) is 4.98 Å². The maximum Gasteiger partial charge on any atom is 0.243 e. The molecule has 1 aliphatic rings. The molecule has 0 bridgehead atoms. The third kappa shape index (κ3) is 2.22. The van der Waals surface area contributed by atoms with E-state index >= 15 is 0 Å². The molecule has 1 amide bonds. The Morgan fingerprint density at radius 1 is 1.42 bits per heavy atom. The molecule has 3 rings (SSSR count). The Morgan fingerprint density at radius 2 is 2.21 bits per heavy atom. The number of halogens is 1. The molecule has 5 nitrogen and oxygen atoms in total. The van der Waals surface area contributed by atoms with Crippen molar-refractivity contribution in [3.05, 3.63) is 30.5 Å². The van der Waals surface area contributed by atoms with Crippen LogP contribution in [0.3, 0.4) is 0 Å². The molecule has 1 unspecified atom stereocenters. The quantitative estimate of drug-likeness (QED) is 0.827. The van der Waals surface area contributed by atoms with Gasteiger partial charge in [-0.3, -0.25) is 9.78 Å². The predicted octanol–water partition coefficient (Wildman–Crippen LogP) is 1.43. The normalized spacial score (nSPS) is 18.7. The summed E-state index contributed by atoms with van der Waals surface area (Å²) in [6.07, 6.45) is 2.05. The minimum absolute atomic E-state index is 0. The number of hydrogen-bond acceptors (Lipinski definition) is 4. The number of hydrogen-bond donors (Lipinski definition) is 2. The Morgan fingerprint density at radius 3 is 2.89 bits per heavy atom. The van der Waals surface area contributed by atoms with Crippen molar-refractivity contribution in [2.24, 2.45) is 5.73 Å². The number of pyridine rings is 1. The van der Waals surface area contributed by atoms with Gasteiger partial charge in [0.2, 0.25) is 5.91 Å². The third-order valence-electron chi connectivity index (χ3n) is 3.23. The Labute approximate surface area is 116 Å². The maximum absolute atomic E-state index is 12.0. The molecule has 0 radical (unpaired) electrons. The molecule has 1 atom stereocenters. The van der Waals surface area contributed by atoms with Gasteiger partial charge in [0.15, 0.2) is 0 Å². The molecule has 2 aromatic rings. The molecule has 0 aliphatic carbocycles. The van der Waals surface area contributed by atoms with Crippen LogP contribution in [0.4, 0.5) is 5.69 Å². The van der Waals surface area contributed by atoms with E-state index in [0.717, 1.165) is 16.6 Å². The number of amides is 1. The van der Waals surface area contributed by atoms with Crippen molar-refractivity contribution in [2.45, 2.75) is 12.5 Å². The number of rotatable bonds is 1. The molecule has 1 aromatic carbocycles. The van der Waals surface area contributed by atoms with Crippen molar-refractivity contribution in [2.75, 3.05) is 11.4 Å². The van der Waals surface area contributed by atoms with Gasteiger partial charge in [-0.05, 0) is 24.6 Å². The zero-order chi connectivity index (χ0) is 12.7. The van der Waals surface area contributed by atoms with Gasteiger partial charge in [-0.15, -0.1) is 12.4 Å². The molecule has 3 N–H and O–H groups in total. The summed E-state index contributed by atoms with van der Waals surface area (Å²) < 4.78 is 0. The second-order valence-corrected chi connectivity index (χ2v) is 4.42. The first-order chi connectivity index (χ1) is 8.66. The van der Waals surface area contributed by atoms with Crippen molar-refractivity contribution in [1.29, 1.82) is 0 Å². The highest BCUT2D eigenvalue weighted by Crippen LogP contribution is 2.30. The second-order valence-electron chi connectivity index (χ2n) is 4.42. The van der Waals surface area contributed by atoms with E-state index in [-0.39, 0.29) is 24.1 Å². The number of anilines is 1. The van der Waals surface area contributed by atoms with Gasteiger partial charge < -0.3 is 15.7 Å². The van der Waals surface area contributed by atoms with E-state index in [4.69, 9.17) is 5.73 Å². The largest absolute Gasteiger partial charge is 0.506 e. The van der Waals surface area contributed by atoms with Crippen molar-refractivity contribution in [3.63, 3.8) is 0 Å². The highest BCUT2D eigenvalue weighted by atomic mass is 35.5. The molecule has 1 saturated heterocycles. The summed E-state index contributed by atoms with van der Waals surface area (Å²) in [6.45, 7) is 0.606. The topological polar surface area (TPSA) is 79.4 Å². The summed E-state index contributed by atoms with van der Waals surface area (Å²) in [5.74, 6) is 0.0109. The first kappa shape index (κ1) is 13.6. The lowest BCUT2D eigenvalue weighted by Gasteiger charge is -2.18. The lowest BCUT2D eigenvalue weighted by atomic mass is 10.1. The van der Waals surface area contributed by atoms with Gasteiger partial charge in [-0.1, -0.05) is 6.07 Å². The van der Waals surface area contributed by atoms with Crippen LogP contribution in [0.5, 0.6) is 5.75 Å². The van der Waals surface area contributed by atoms with Crippen LogP contribution in [-0.4, -0.2) is 28.6 Å². The van der Waals surface area contributed by atoms with Crippen LogP contribution in [0.2, 0.25) is 0 Å². The van der Waals surface area contributed by atoms with Crippen molar-refractivity contribution >= 4 is 34.9 Å². The molecule has 100 valence electrons. The molecule has 0 spiro atoms. The Hall–Kier alpha value is -1.85. The van der Waals surface area contributed by atoms with Gasteiger partial charge in [0, 0.05) is 11.9 Å². The Kier molecular flexibility index (Phi) is 3.59. The van der Waals surface area contributed by atoms with E-state index in [1.165, 1.54) is 6.20 Å². The van der Waals surface area contributed by atoms with Crippen molar-refractivity contribution < 1.29 is 9.90 Å². The molecule has 1 aliphatic heterocycles. The average molecular weight is 280 g/mol. The molecule has 2 heterocycles. The lowest BCUT2D eigenvalue weighted by Crippen LogP contribution is -2.34. The predicted molar refractivity (Wildman–Crippen MR) is 75.6 cm³/mol. The van der Waals surface area contributed by atoms with Crippen LogP contribution in [-0.2, 0) is 4.79 Å². The van der Waals surface area contributed by atoms with Gasteiger partial charge in [0.05, 0.1) is 23.4 Å². The van der Waals surface area contributed by atoms with Crippen LogP contribution >= 0.6 is 12.4 Å². The fraction of sp³-hybridized carbons (Fsp3) is 0.231. The molecule has 19 heavy (non-hydrogen) atoms. The maximum atomic E-state index is 12.0. The molecule has 1 fully saturated rings. The highest BCUT2D eigenvalue weighted by molar-refractivity contribution is 6.06. The average Bonchev–Trinajstić information content (AvgIpc) is 2.69. The van der Waals surface area contributed by atoms with E-state index in [2.05, 4.69) is 4.98 Å². The number of nitrogens with zero attached hydrogens (tertiary/aromatic N) is 2. The van der Waals surface area contributed by atoms with Crippen molar-refractivity contribution in [3.8, 4) is 5.75 Å². The molecule has 1 aromatic heterocycles. The van der Waals surface area contributed by atoms with Crippen LogP contribution in [0.15, 0.2) is 30.5 Å². The number of nitrogens with two attached hydrogens (primary N) is 1. The zero-order valence-corrected chi connectivity index (χ0v) is 10.9. The minimum atomic E-state index is -0.425. The van der Waals surface area contributed by atoms with Gasteiger partial charge in [0.25, 0.3) is 0 Å². The summed E-state index contributed by atoms with van der Waals surface area (Å²) in [4.78, 5) is 17.8. The first-order valence-electron chi connectivity index (χ1n) is 5.81. The summed E-state index contributed by atoms with van der Waals surface area (Å²) in [6, 6.07) is 6.73. The van der Waals surface area contributed by atoms with Crippen LogP contribution in [0.1, 0.15) is 6.42 Å². The Bertz CT molecular complexity index is 632. The summed E-state index contributed by atoms with van der Waals surface area (Å²) in [5, 5.41) is 10.3. The molecular weight excluding hydrogens is 266 g/mol. The van der Waals surface area contributed by atoms with Gasteiger partial charge in [-0.2, -0.15) is 0 Å². The molecule has 0 saturated carbocycles. The van der Waals surface area contributed by atoms with E-state index in [0.29, 0.717) is 13.0 Å². The zero-order valence-electron chi connectivity index (χ0n) is 10.1. The monoisotopic (exact) mass is 279 g/mol. The third-order valence-corrected chi connectivity index (χ3v) is 3.23. The first-order valence-corrected chi connectivity index (χ1v) is 5.81. The standard InChI is InChI=1S/C13H13N3O2.ClH/c14-10-4-5-16(13(10)18)12-3-1-2-11-9(12)6-8(17)7-15-11;/h1-3,6-7,10,17H,4-5,14H2;1H. The lowest BCUT2D eigenvalue weighted by molar-refractivity contribution is -0.118. The SMILES string of the molecule is Cl.NC1CCN(c2cccc3ncc(O)cc23)C1=O. The fourth-order valence-corrected chi connectivity index (χ4v) is 2.30. The smallest absolute Gasteiger partial charge is 0.243 e. The van der Waals surface area contributed by atoms with E-state index in [1.54, 1.807) is 11.0 Å². The molecular formula is C13H14ClN3O2.